The van der Waals surface area contributed by atoms with E-state index in [1.165, 1.54) is 18.2 Å². The molecule has 1 aliphatic heterocycles. The first kappa shape index (κ1) is 33.5. The summed E-state index contributed by atoms with van der Waals surface area (Å²) < 4.78 is 128. The lowest BCUT2D eigenvalue weighted by Crippen LogP contribution is -2.38. The fourth-order valence-corrected chi connectivity index (χ4v) is 5.22. The molecule has 42 heavy (non-hydrogen) atoms. The van der Waals surface area contributed by atoms with E-state index in [2.05, 4.69) is 0 Å². The van der Waals surface area contributed by atoms with Crippen molar-refractivity contribution in [2.75, 3.05) is 13.2 Å². The van der Waals surface area contributed by atoms with Gasteiger partial charge in [-0.2, -0.15) is 39.5 Å². The normalized spacial score (nSPS) is 18.9. The van der Waals surface area contributed by atoms with Crippen LogP contribution in [0.25, 0.3) is 0 Å². The van der Waals surface area contributed by atoms with Crippen molar-refractivity contribution in [2.24, 2.45) is 5.92 Å². The second kappa shape index (κ2) is 13.1. The first-order valence-electron chi connectivity index (χ1n) is 13.5. The van der Waals surface area contributed by atoms with E-state index in [0.717, 1.165) is 12.1 Å². The fourth-order valence-electron chi connectivity index (χ4n) is 5.22. The van der Waals surface area contributed by atoms with E-state index in [-0.39, 0.29) is 38.3 Å². The molecule has 1 aliphatic rings. The molecular weight excluding hydrogens is 577 g/mol. The number of halogens is 9. The summed E-state index contributed by atoms with van der Waals surface area (Å²) in [6.45, 7) is 5.42. The van der Waals surface area contributed by atoms with Crippen LogP contribution in [0.2, 0.25) is 0 Å². The number of hydrogen-bond donors (Lipinski definition) is 0. The third-order valence-electron chi connectivity index (χ3n) is 7.24. The van der Waals surface area contributed by atoms with Crippen LogP contribution in [0.5, 0.6) is 0 Å². The Bertz CT molecular complexity index is 1250. The number of benzene rings is 2. The van der Waals surface area contributed by atoms with E-state index in [1.807, 2.05) is 13.8 Å². The van der Waals surface area contributed by atoms with Crippen LogP contribution in [-0.4, -0.2) is 24.0 Å². The van der Waals surface area contributed by atoms with E-state index < -0.39 is 58.8 Å². The zero-order valence-corrected chi connectivity index (χ0v) is 23.3. The van der Waals surface area contributed by atoms with E-state index in [4.69, 9.17) is 4.74 Å². The SMILES string of the molecule is CCOC(=O)/C=C1/CCN(C(CCC(C)C)c2cc(C(F)(F)F)ccc2C(F)(F)F)C(c2ccc(C(F)(F)F)cc2)C1. The van der Waals surface area contributed by atoms with Gasteiger partial charge in [0.2, 0.25) is 0 Å². The number of piperidine rings is 1. The molecule has 0 N–H and O–H groups in total. The Morgan fingerprint density at radius 1 is 0.905 bits per heavy atom. The van der Waals surface area contributed by atoms with Crippen molar-refractivity contribution in [2.45, 2.75) is 77.1 Å². The Morgan fingerprint density at radius 2 is 1.50 bits per heavy atom. The largest absolute Gasteiger partial charge is 0.463 e. The smallest absolute Gasteiger partial charge is 0.416 e. The molecule has 2 atom stereocenters. The number of carbonyl (C=O) groups is 1. The minimum absolute atomic E-state index is 0.00113. The standard InChI is InChI=1S/C30H32F9NO2/c1-4-42-27(41)16-19-13-14-40(26(15-19)20-6-8-21(9-7-20)28(31,32)33)25(12-5-18(2)3)23-17-22(29(34,35)36)10-11-24(23)30(37,38)39/h6-11,16-18,25-26H,4-5,12-15H2,1-3H3/b19-16-. The molecule has 0 radical (unpaired) electrons. The summed E-state index contributed by atoms with van der Waals surface area (Å²) in [6, 6.07) is 3.52. The van der Waals surface area contributed by atoms with Gasteiger partial charge in [0.1, 0.15) is 0 Å². The molecule has 2 aromatic carbocycles. The van der Waals surface area contributed by atoms with Crippen molar-refractivity contribution < 1.29 is 49.0 Å². The van der Waals surface area contributed by atoms with Crippen molar-refractivity contribution in [1.82, 2.24) is 4.90 Å². The van der Waals surface area contributed by atoms with Gasteiger partial charge < -0.3 is 4.74 Å². The molecule has 3 rings (SSSR count). The highest BCUT2D eigenvalue weighted by Gasteiger charge is 2.42. The molecule has 232 valence electrons. The van der Waals surface area contributed by atoms with Gasteiger partial charge in [-0.3, -0.25) is 4.90 Å². The second-order valence-electron chi connectivity index (χ2n) is 10.7. The van der Waals surface area contributed by atoms with Gasteiger partial charge in [0.15, 0.2) is 0 Å². The highest BCUT2D eigenvalue weighted by Crippen LogP contribution is 2.47. The van der Waals surface area contributed by atoms with E-state index >= 15 is 0 Å². The molecule has 2 aromatic rings. The number of esters is 1. The van der Waals surface area contributed by atoms with E-state index in [1.54, 1.807) is 11.8 Å². The van der Waals surface area contributed by atoms with Crippen LogP contribution in [0.4, 0.5) is 39.5 Å². The average Bonchev–Trinajstić information content (AvgIpc) is 2.87. The molecule has 0 aliphatic carbocycles. The zero-order valence-electron chi connectivity index (χ0n) is 23.3. The third kappa shape index (κ3) is 8.52. The third-order valence-corrected chi connectivity index (χ3v) is 7.24. The molecule has 3 nitrogen and oxygen atoms in total. The summed E-state index contributed by atoms with van der Waals surface area (Å²) in [6.07, 6.45) is -12.5. The Kier molecular flexibility index (Phi) is 10.4. The van der Waals surface area contributed by atoms with E-state index in [9.17, 15) is 44.3 Å². The molecule has 12 heteroatoms. The number of nitrogens with zero attached hydrogens (tertiary/aromatic N) is 1. The Labute approximate surface area is 238 Å². The summed E-state index contributed by atoms with van der Waals surface area (Å²) in [5.74, 6) is -0.637. The van der Waals surface area contributed by atoms with Gasteiger partial charge in [-0.25, -0.2) is 4.79 Å². The van der Waals surface area contributed by atoms with Gasteiger partial charge >= 0.3 is 24.5 Å². The molecule has 0 amide bonds. The second-order valence-corrected chi connectivity index (χ2v) is 10.7. The summed E-state index contributed by atoms with van der Waals surface area (Å²) in [4.78, 5) is 13.8. The van der Waals surface area contributed by atoms with Gasteiger partial charge in [0.25, 0.3) is 0 Å². The predicted octanol–water partition coefficient (Wildman–Crippen LogP) is 9.55. The lowest BCUT2D eigenvalue weighted by atomic mass is 9.84. The van der Waals surface area contributed by atoms with Gasteiger partial charge in [0.05, 0.1) is 23.3 Å². The number of alkyl halides is 9. The molecule has 0 bridgehead atoms. The van der Waals surface area contributed by atoms with Crippen LogP contribution in [-0.2, 0) is 28.1 Å². The summed E-state index contributed by atoms with van der Waals surface area (Å²) in [5.41, 5.74) is -3.02. The van der Waals surface area contributed by atoms with Crippen molar-refractivity contribution >= 4 is 5.97 Å². The highest BCUT2D eigenvalue weighted by molar-refractivity contribution is 5.82. The zero-order chi connectivity index (χ0) is 31.5. The van der Waals surface area contributed by atoms with Gasteiger partial charge in [-0.05, 0) is 80.0 Å². The van der Waals surface area contributed by atoms with Crippen LogP contribution in [0, 0.1) is 5.92 Å². The number of rotatable bonds is 8. The molecule has 0 spiro atoms. The van der Waals surface area contributed by atoms with Crippen LogP contribution in [0.15, 0.2) is 54.1 Å². The Balaban J connectivity index is 2.20. The van der Waals surface area contributed by atoms with Crippen molar-refractivity contribution in [3.05, 3.63) is 81.9 Å². The van der Waals surface area contributed by atoms with Crippen LogP contribution in [0.1, 0.15) is 86.4 Å². The molecule has 2 unspecified atom stereocenters. The van der Waals surface area contributed by atoms with Crippen LogP contribution < -0.4 is 0 Å². The summed E-state index contributed by atoms with van der Waals surface area (Å²) in [5, 5.41) is 0. The van der Waals surface area contributed by atoms with Crippen molar-refractivity contribution in [3.8, 4) is 0 Å². The maximum absolute atomic E-state index is 14.2. The maximum atomic E-state index is 14.2. The van der Waals surface area contributed by atoms with Crippen molar-refractivity contribution in [1.29, 1.82) is 0 Å². The highest BCUT2D eigenvalue weighted by atomic mass is 19.4. The lowest BCUT2D eigenvalue weighted by Gasteiger charge is -2.43. The average molecular weight is 610 g/mol. The quantitative estimate of drug-likeness (QED) is 0.170. The Morgan fingerprint density at radius 3 is 2.02 bits per heavy atom. The van der Waals surface area contributed by atoms with Gasteiger partial charge in [-0.1, -0.05) is 31.6 Å². The van der Waals surface area contributed by atoms with E-state index in [0.29, 0.717) is 35.8 Å². The minimum atomic E-state index is -4.95. The van der Waals surface area contributed by atoms with Gasteiger partial charge in [0, 0.05) is 24.7 Å². The number of hydrogen-bond acceptors (Lipinski definition) is 3. The molecule has 1 fully saturated rings. The summed E-state index contributed by atoms with van der Waals surface area (Å²) >= 11 is 0. The van der Waals surface area contributed by atoms with Gasteiger partial charge in [-0.15, -0.1) is 0 Å². The molecule has 1 heterocycles. The summed E-state index contributed by atoms with van der Waals surface area (Å²) in [7, 11) is 0. The first-order valence-corrected chi connectivity index (χ1v) is 13.5. The first-order chi connectivity index (χ1) is 19.4. The maximum Gasteiger partial charge on any atom is 0.416 e. The molecular formula is C30H32F9NO2. The van der Waals surface area contributed by atoms with Crippen molar-refractivity contribution in [3.63, 3.8) is 0 Å². The lowest BCUT2D eigenvalue weighted by molar-refractivity contribution is -0.142. The Hall–Kier alpha value is -3.02. The number of likely N-dealkylation sites (tertiary alicyclic amines) is 1. The molecule has 0 saturated carbocycles. The number of ether oxygens (including phenoxy) is 1. The minimum Gasteiger partial charge on any atom is -0.463 e. The monoisotopic (exact) mass is 609 g/mol. The van der Waals surface area contributed by atoms with Crippen LogP contribution >= 0.6 is 0 Å². The number of carbonyl (C=O) groups excluding carboxylic acids is 1. The fraction of sp³-hybridized carbons (Fsp3) is 0.500. The molecule has 1 saturated heterocycles. The topological polar surface area (TPSA) is 29.5 Å². The predicted molar refractivity (Wildman–Crippen MR) is 138 cm³/mol. The van der Waals surface area contributed by atoms with Crippen LogP contribution in [0.3, 0.4) is 0 Å². The molecule has 0 aromatic heterocycles.